The number of pyridine rings is 1. The summed E-state index contributed by atoms with van der Waals surface area (Å²) in [6.07, 6.45) is 3.04. The second-order valence-corrected chi connectivity index (χ2v) is 5.44. The molecule has 0 spiro atoms. The molecule has 1 heterocycles. The monoisotopic (exact) mass is 420 g/mol. The molecule has 3 nitrogen and oxygen atoms in total. The molecular formula is C12H7BrFIN2O. The molecule has 2 aromatic rings. The van der Waals surface area contributed by atoms with Crippen molar-refractivity contribution in [1.82, 2.24) is 4.98 Å². The molecule has 2 rings (SSSR count). The van der Waals surface area contributed by atoms with E-state index in [0.717, 1.165) is 0 Å². The van der Waals surface area contributed by atoms with Gasteiger partial charge in [0.05, 0.1) is 14.8 Å². The summed E-state index contributed by atoms with van der Waals surface area (Å²) in [5, 5.41) is 2.65. The van der Waals surface area contributed by atoms with Crippen LogP contribution >= 0.6 is 38.5 Å². The third-order valence-electron chi connectivity index (χ3n) is 2.17. The smallest absolute Gasteiger partial charge is 0.257 e. The van der Waals surface area contributed by atoms with Crippen molar-refractivity contribution in [3.05, 3.63) is 56.1 Å². The van der Waals surface area contributed by atoms with E-state index in [1.54, 1.807) is 24.4 Å². The highest BCUT2D eigenvalue weighted by molar-refractivity contribution is 14.1. The molecule has 0 aliphatic heterocycles. The Kier molecular flexibility index (Phi) is 4.28. The summed E-state index contributed by atoms with van der Waals surface area (Å²) in [6, 6.07) is 6.19. The van der Waals surface area contributed by atoms with Gasteiger partial charge >= 0.3 is 0 Å². The molecule has 0 unspecified atom stereocenters. The van der Waals surface area contributed by atoms with Crippen LogP contribution in [0.5, 0.6) is 0 Å². The Morgan fingerprint density at radius 2 is 2.17 bits per heavy atom. The highest BCUT2D eigenvalue weighted by Crippen LogP contribution is 2.21. The molecule has 92 valence electrons. The fraction of sp³-hybridized carbons (Fsp3) is 0. The number of nitrogens with one attached hydrogen (secondary N) is 1. The maximum absolute atomic E-state index is 13.3. The van der Waals surface area contributed by atoms with Gasteiger partial charge in [-0.3, -0.25) is 9.78 Å². The summed E-state index contributed by atoms with van der Waals surface area (Å²) >= 11 is 5.09. The summed E-state index contributed by atoms with van der Waals surface area (Å²) in [7, 11) is 0. The zero-order chi connectivity index (χ0) is 13.1. The topological polar surface area (TPSA) is 42.0 Å². The number of aromatic nitrogens is 1. The second kappa shape index (κ2) is 5.75. The predicted molar refractivity (Wildman–Crippen MR) is 79.0 cm³/mol. The summed E-state index contributed by atoms with van der Waals surface area (Å²) in [5.74, 6) is -0.687. The Bertz CT molecular complexity index is 606. The van der Waals surface area contributed by atoms with E-state index in [-0.39, 0.29) is 11.7 Å². The molecule has 1 aromatic carbocycles. The average Bonchev–Trinajstić information content (AvgIpc) is 2.35. The van der Waals surface area contributed by atoms with Crippen molar-refractivity contribution in [3.63, 3.8) is 0 Å². The van der Waals surface area contributed by atoms with Crippen LogP contribution in [0.1, 0.15) is 10.4 Å². The van der Waals surface area contributed by atoms with E-state index in [1.165, 1.54) is 12.3 Å². The van der Waals surface area contributed by atoms with Gasteiger partial charge in [-0.15, -0.1) is 0 Å². The van der Waals surface area contributed by atoms with Crippen molar-refractivity contribution in [2.75, 3.05) is 5.32 Å². The Morgan fingerprint density at radius 1 is 1.39 bits per heavy atom. The first-order valence-corrected chi connectivity index (χ1v) is 6.81. The van der Waals surface area contributed by atoms with Gasteiger partial charge in [-0.25, -0.2) is 4.39 Å². The Labute approximate surface area is 125 Å². The SMILES string of the molecule is O=C(Nc1cccc(F)c1I)c1cncc(Br)c1. The van der Waals surface area contributed by atoms with Crippen LogP contribution in [0, 0.1) is 9.39 Å². The van der Waals surface area contributed by atoms with E-state index in [0.29, 0.717) is 19.3 Å². The molecule has 0 atom stereocenters. The minimum Gasteiger partial charge on any atom is -0.321 e. The molecule has 0 radical (unpaired) electrons. The number of carbonyl (C=O) groups is 1. The van der Waals surface area contributed by atoms with Crippen molar-refractivity contribution in [1.29, 1.82) is 0 Å². The van der Waals surface area contributed by atoms with E-state index < -0.39 is 0 Å². The van der Waals surface area contributed by atoms with Crippen LogP contribution in [0.25, 0.3) is 0 Å². The number of amides is 1. The summed E-state index contributed by atoms with van der Waals surface area (Å²) in [5.41, 5.74) is 0.852. The van der Waals surface area contributed by atoms with Crippen molar-refractivity contribution in [2.45, 2.75) is 0 Å². The largest absolute Gasteiger partial charge is 0.321 e. The minimum absolute atomic E-state index is 0.327. The lowest BCUT2D eigenvalue weighted by Gasteiger charge is -2.07. The van der Waals surface area contributed by atoms with Crippen molar-refractivity contribution < 1.29 is 9.18 Å². The van der Waals surface area contributed by atoms with Crippen molar-refractivity contribution in [2.24, 2.45) is 0 Å². The lowest BCUT2D eigenvalue weighted by Crippen LogP contribution is -2.13. The lowest BCUT2D eigenvalue weighted by atomic mass is 10.2. The number of hydrogen-bond donors (Lipinski definition) is 1. The van der Waals surface area contributed by atoms with Crippen LogP contribution in [0.15, 0.2) is 41.1 Å². The average molecular weight is 421 g/mol. The summed E-state index contributed by atoms with van der Waals surface area (Å²) in [4.78, 5) is 15.8. The summed E-state index contributed by atoms with van der Waals surface area (Å²) in [6.45, 7) is 0. The van der Waals surface area contributed by atoms with Gasteiger partial charge in [0.25, 0.3) is 5.91 Å². The molecule has 0 bridgehead atoms. The number of anilines is 1. The van der Waals surface area contributed by atoms with Crippen LogP contribution in [0.4, 0.5) is 10.1 Å². The first kappa shape index (κ1) is 13.4. The third-order valence-corrected chi connectivity index (χ3v) is 3.70. The number of hydrogen-bond acceptors (Lipinski definition) is 2. The number of nitrogens with zero attached hydrogens (tertiary/aromatic N) is 1. The van der Waals surface area contributed by atoms with Crippen molar-refractivity contribution >= 4 is 50.1 Å². The maximum Gasteiger partial charge on any atom is 0.257 e. The molecule has 0 aliphatic rings. The van der Waals surface area contributed by atoms with Gasteiger partial charge in [-0.1, -0.05) is 6.07 Å². The van der Waals surface area contributed by atoms with Gasteiger partial charge in [0.15, 0.2) is 0 Å². The minimum atomic E-state index is -0.360. The standard InChI is InChI=1S/C12H7BrFIN2O/c13-8-4-7(5-16-6-8)12(18)17-10-3-1-2-9(14)11(10)15/h1-6H,(H,17,18). The van der Waals surface area contributed by atoms with Crippen LogP contribution in [-0.2, 0) is 0 Å². The molecule has 1 aromatic heterocycles. The van der Waals surface area contributed by atoms with Crippen molar-refractivity contribution in [3.8, 4) is 0 Å². The summed E-state index contributed by atoms with van der Waals surface area (Å²) < 4.78 is 14.4. The molecule has 6 heteroatoms. The molecule has 1 amide bonds. The Hall–Kier alpha value is -1.02. The number of carbonyl (C=O) groups excluding carboxylic acids is 1. The van der Waals surface area contributed by atoms with Gasteiger partial charge in [-0.2, -0.15) is 0 Å². The first-order chi connectivity index (χ1) is 8.58. The first-order valence-electron chi connectivity index (χ1n) is 4.94. The number of benzene rings is 1. The zero-order valence-electron chi connectivity index (χ0n) is 8.95. The molecule has 0 saturated heterocycles. The quantitative estimate of drug-likeness (QED) is 0.750. The number of rotatable bonds is 2. The van der Waals surface area contributed by atoms with E-state index >= 15 is 0 Å². The van der Waals surface area contributed by atoms with E-state index in [9.17, 15) is 9.18 Å². The molecular weight excluding hydrogens is 414 g/mol. The molecule has 1 N–H and O–H groups in total. The van der Waals surface area contributed by atoms with E-state index in [1.807, 2.05) is 22.6 Å². The fourth-order valence-corrected chi connectivity index (χ4v) is 2.19. The zero-order valence-corrected chi connectivity index (χ0v) is 12.7. The number of halogens is 3. The normalized spacial score (nSPS) is 10.2. The van der Waals surface area contributed by atoms with E-state index in [4.69, 9.17) is 0 Å². The maximum atomic E-state index is 13.3. The highest BCUT2D eigenvalue weighted by atomic mass is 127. The Morgan fingerprint density at radius 3 is 2.89 bits per heavy atom. The molecule has 0 aliphatic carbocycles. The fourth-order valence-electron chi connectivity index (χ4n) is 1.33. The van der Waals surface area contributed by atoms with Crippen LogP contribution < -0.4 is 5.32 Å². The van der Waals surface area contributed by atoms with Gasteiger partial charge in [-0.05, 0) is 56.7 Å². The van der Waals surface area contributed by atoms with Gasteiger partial charge in [0, 0.05) is 16.9 Å². The van der Waals surface area contributed by atoms with Gasteiger partial charge in [0.1, 0.15) is 5.82 Å². The van der Waals surface area contributed by atoms with Gasteiger partial charge < -0.3 is 5.32 Å². The highest BCUT2D eigenvalue weighted by Gasteiger charge is 2.11. The van der Waals surface area contributed by atoms with Crippen LogP contribution in [-0.4, -0.2) is 10.9 Å². The Balaban J connectivity index is 2.24. The molecule has 0 saturated carbocycles. The van der Waals surface area contributed by atoms with Gasteiger partial charge in [0.2, 0.25) is 0 Å². The second-order valence-electron chi connectivity index (χ2n) is 3.45. The predicted octanol–water partition coefficient (Wildman–Crippen LogP) is 3.84. The van der Waals surface area contributed by atoms with Crippen LogP contribution in [0.2, 0.25) is 0 Å². The lowest BCUT2D eigenvalue weighted by molar-refractivity contribution is 0.102. The van der Waals surface area contributed by atoms with E-state index in [2.05, 4.69) is 26.2 Å². The van der Waals surface area contributed by atoms with Crippen LogP contribution in [0.3, 0.4) is 0 Å². The molecule has 0 fully saturated rings. The molecule has 18 heavy (non-hydrogen) atoms. The third kappa shape index (κ3) is 3.05.